The maximum absolute atomic E-state index is 11.8. The van der Waals surface area contributed by atoms with Gasteiger partial charge in [-0.15, -0.1) is 6.58 Å². The zero-order valence-electron chi connectivity index (χ0n) is 15.4. The summed E-state index contributed by atoms with van der Waals surface area (Å²) in [5.74, 6) is -1.17. The molecule has 0 saturated heterocycles. The van der Waals surface area contributed by atoms with Gasteiger partial charge in [-0.3, -0.25) is 15.1 Å². The van der Waals surface area contributed by atoms with E-state index in [4.69, 9.17) is 5.41 Å². The molecule has 0 aliphatic carbocycles. The highest BCUT2D eigenvalue weighted by molar-refractivity contribution is 6.09. The van der Waals surface area contributed by atoms with Crippen LogP contribution in [0.2, 0.25) is 0 Å². The van der Waals surface area contributed by atoms with Crippen LogP contribution in [0.3, 0.4) is 0 Å². The highest BCUT2D eigenvalue weighted by Crippen LogP contribution is 2.19. The van der Waals surface area contributed by atoms with Gasteiger partial charge in [0.05, 0.1) is 0 Å². The first-order valence-electron chi connectivity index (χ1n) is 8.23. The number of amides is 1. The lowest BCUT2D eigenvalue weighted by Gasteiger charge is -2.19. The van der Waals surface area contributed by atoms with Gasteiger partial charge >= 0.3 is 0 Å². The van der Waals surface area contributed by atoms with Crippen LogP contribution in [-0.2, 0) is 4.79 Å². The molecule has 0 radical (unpaired) electrons. The molecule has 0 aromatic rings. The van der Waals surface area contributed by atoms with E-state index in [1.165, 1.54) is 7.05 Å². The molecular weight excluding hydrogens is 300 g/mol. The largest absolute Gasteiger partial charge is 0.503 e. The summed E-state index contributed by atoms with van der Waals surface area (Å²) >= 11 is 0. The number of hydrogen-bond donors (Lipinski definition) is 2. The van der Waals surface area contributed by atoms with E-state index in [9.17, 15) is 9.90 Å². The standard InChI is InChI=1S/C20H30N2O2/c1-7-10-11-13-15(4)18(12-8-2)14-17(9-3)19(21)22(6)20(24)16(5)23/h7,12-14,21,23H,1,5,8-11H2,2-4,6H3/b15-13+,17-14+,18-12+,21-19?. The van der Waals surface area contributed by atoms with Crippen molar-refractivity contribution in [1.82, 2.24) is 4.90 Å². The predicted molar refractivity (Wildman–Crippen MR) is 102 cm³/mol. The van der Waals surface area contributed by atoms with E-state index in [0.717, 1.165) is 40.9 Å². The third-order valence-electron chi connectivity index (χ3n) is 3.60. The lowest BCUT2D eigenvalue weighted by molar-refractivity contribution is -0.125. The quantitative estimate of drug-likeness (QED) is 0.118. The summed E-state index contributed by atoms with van der Waals surface area (Å²) < 4.78 is 0. The molecule has 2 N–H and O–H groups in total. The molecule has 0 atom stereocenters. The van der Waals surface area contributed by atoms with Gasteiger partial charge in [0.15, 0.2) is 5.76 Å². The Morgan fingerprint density at radius 1 is 1.25 bits per heavy atom. The fraction of sp³-hybridized carbons (Fsp3) is 0.400. The van der Waals surface area contributed by atoms with E-state index in [0.29, 0.717) is 6.42 Å². The number of allylic oxidation sites excluding steroid dienone is 6. The number of carbonyl (C=O) groups excluding carboxylic acids is 1. The molecule has 0 aliphatic heterocycles. The van der Waals surface area contributed by atoms with Gasteiger partial charge in [-0.25, -0.2) is 0 Å². The molecule has 0 spiro atoms. The predicted octanol–water partition coefficient (Wildman–Crippen LogP) is 5.08. The molecule has 4 heteroatoms. The highest BCUT2D eigenvalue weighted by atomic mass is 16.3. The molecule has 0 aliphatic rings. The summed E-state index contributed by atoms with van der Waals surface area (Å²) in [5, 5.41) is 17.5. The van der Waals surface area contributed by atoms with Crippen LogP contribution in [0.15, 0.2) is 59.9 Å². The van der Waals surface area contributed by atoms with Gasteiger partial charge in [0, 0.05) is 7.05 Å². The lowest BCUT2D eigenvalue weighted by atomic mass is 9.99. The SMILES string of the molecule is C=CCC/C=C(C)/C(/C=C(\CC)C(=N)N(C)C(=O)C(=C)O)=C/CC. The Kier molecular flexibility index (Phi) is 10.1. The minimum atomic E-state index is -0.668. The number of aliphatic hydroxyl groups is 1. The van der Waals surface area contributed by atoms with Gasteiger partial charge in [0.1, 0.15) is 5.84 Å². The molecule has 132 valence electrons. The molecular formula is C20H30N2O2. The van der Waals surface area contributed by atoms with Crippen molar-refractivity contribution in [3.8, 4) is 0 Å². The fourth-order valence-electron chi connectivity index (χ4n) is 2.13. The van der Waals surface area contributed by atoms with Gasteiger partial charge < -0.3 is 5.11 Å². The van der Waals surface area contributed by atoms with E-state index in [-0.39, 0.29) is 5.84 Å². The van der Waals surface area contributed by atoms with Crippen molar-refractivity contribution in [3.63, 3.8) is 0 Å². The Labute approximate surface area is 146 Å². The third-order valence-corrected chi connectivity index (χ3v) is 3.60. The topological polar surface area (TPSA) is 64.4 Å². The van der Waals surface area contributed by atoms with Crippen LogP contribution in [0, 0.1) is 5.41 Å². The average Bonchev–Trinajstić information content (AvgIpc) is 2.56. The van der Waals surface area contributed by atoms with Gasteiger partial charge in [-0.1, -0.05) is 38.7 Å². The molecule has 0 aromatic heterocycles. The Balaban J connectivity index is 5.56. The summed E-state index contributed by atoms with van der Waals surface area (Å²) in [7, 11) is 1.46. The van der Waals surface area contributed by atoms with Crippen molar-refractivity contribution < 1.29 is 9.90 Å². The van der Waals surface area contributed by atoms with Crippen molar-refractivity contribution in [2.24, 2.45) is 0 Å². The fourth-order valence-corrected chi connectivity index (χ4v) is 2.13. The second-order valence-corrected chi connectivity index (χ2v) is 5.50. The highest BCUT2D eigenvalue weighted by Gasteiger charge is 2.18. The van der Waals surface area contributed by atoms with Crippen molar-refractivity contribution in [1.29, 1.82) is 5.41 Å². The molecule has 0 saturated carbocycles. The Bertz CT molecular complexity index is 580. The second-order valence-electron chi connectivity index (χ2n) is 5.50. The first-order chi connectivity index (χ1) is 11.3. The molecule has 0 unspecified atom stereocenters. The summed E-state index contributed by atoms with van der Waals surface area (Å²) in [4.78, 5) is 12.9. The van der Waals surface area contributed by atoms with E-state index >= 15 is 0 Å². The van der Waals surface area contributed by atoms with Gasteiger partial charge in [-0.2, -0.15) is 0 Å². The Morgan fingerprint density at radius 2 is 1.88 bits per heavy atom. The number of amidine groups is 1. The molecule has 0 rings (SSSR count). The summed E-state index contributed by atoms with van der Waals surface area (Å²) in [6.07, 6.45) is 11.4. The van der Waals surface area contributed by atoms with Crippen molar-refractivity contribution in [2.45, 2.75) is 46.5 Å². The lowest BCUT2D eigenvalue weighted by Crippen LogP contribution is -2.34. The molecule has 4 nitrogen and oxygen atoms in total. The van der Waals surface area contributed by atoms with Gasteiger partial charge in [0.25, 0.3) is 5.91 Å². The maximum Gasteiger partial charge on any atom is 0.293 e. The molecule has 0 aromatic carbocycles. The van der Waals surface area contributed by atoms with Gasteiger partial charge in [-0.05, 0) is 55.4 Å². The summed E-state index contributed by atoms with van der Waals surface area (Å²) in [5.41, 5.74) is 2.91. The Morgan fingerprint density at radius 3 is 2.33 bits per heavy atom. The van der Waals surface area contributed by atoms with E-state index < -0.39 is 11.7 Å². The monoisotopic (exact) mass is 330 g/mol. The first-order valence-corrected chi connectivity index (χ1v) is 8.23. The summed E-state index contributed by atoms with van der Waals surface area (Å²) in [6, 6.07) is 0. The van der Waals surface area contributed by atoms with Crippen LogP contribution in [0.5, 0.6) is 0 Å². The van der Waals surface area contributed by atoms with E-state index in [1.54, 1.807) is 0 Å². The number of hydrogen-bond acceptors (Lipinski definition) is 3. The van der Waals surface area contributed by atoms with Crippen molar-refractivity contribution in [2.75, 3.05) is 7.05 Å². The summed E-state index contributed by atoms with van der Waals surface area (Å²) in [6.45, 7) is 13.0. The minimum Gasteiger partial charge on any atom is -0.503 e. The molecule has 0 heterocycles. The number of rotatable bonds is 9. The molecule has 0 bridgehead atoms. The average molecular weight is 330 g/mol. The molecule has 1 amide bonds. The van der Waals surface area contributed by atoms with Crippen LogP contribution >= 0.6 is 0 Å². The second kappa shape index (κ2) is 11.2. The Hall–Kier alpha value is -2.36. The number of aliphatic hydroxyl groups excluding tert-OH is 1. The van der Waals surface area contributed by atoms with Crippen LogP contribution in [0.4, 0.5) is 0 Å². The van der Waals surface area contributed by atoms with E-state index in [2.05, 4.69) is 32.2 Å². The molecule has 0 fully saturated rings. The smallest absolute Gasteiger partial charge is 0.293 e. The van der Waals surface area contributed by atoms with Gasteiger partial charge in [0.2, 0.25) is 0 Å². The van der Waals surface area contributed by atoms with Crippen LogP contribution in [0.1, 0.15) is 46.5 Å². The number of likely N-dealkylation sites (N-methyl/N-ethyl adjacent to an activating group) is 1. The first kappa shape index (κ1) is 21.6. The van der Waals surface area contributed by atoms with Crippen molar-refractivity contribution >= 4 is 11.7 Å². The third kappa shape index (κ3) is 6.82. The van der Waals surface area contributed by atoms with Crippen molar-refractivity contribution in [3.05, 3.63) is 59.9 Å². The van der Waals surface area contributed by atoms with Crippen LogP contribution in [-0.4, -0.2) is 28.8 Å². The normalized spacial score (nSPS) is 12.8. The number of nitrogens with one attached hydrogen (secondary N) is 1. The number of unbranched alkanes of at least 4 members (excludes halogenated alkanes) is 1. The number of carbonyl (C=O) groups is 1. The minimum absolute atomic E-state index is 0.0681. The maximum atomic E-state index is 11.8. The van der Waals surface area contributed by atoms with Crippen LogP contribution in [0.25, 0.3) is 0 Å². The number of nitrogens with zero attached hydrogens (tertiary/aromatic N) is 1. The van der Waals surface area contributed by atoms with E-state index in [1.807, 2.05) is 26.0 Å². The molecule has 24 heavy (non-hydrogen) atoms. The van der Waals surface area contributed by atoms with Crippen LogP contribution < -0.4 is 0 Å². The zero-order valence-corrected chi connectivity index (χ0v) is 15.4. The zero-order chi connectivity index (χ0) is 18.7.